The van der Waals surface area contributed by atoms with Gasteiger partial charge in [-0.3, -0.25) is 14.8 Å². The van der Waals surface area contributed by atoms with E-state index in [4.69, 9.17) is 0 Å². The van der Waals surface area contributed by atoms with E-state index in [1.807, 2.05) is 84.9 Å². The van der Waals surface area contributed by atoms with Crippen LogP contribution in [0.2, 0.25) is 0 Å². The van der Waals surface area contributed by atoms with E-state index in [1.165, 1.54) is 0 Å². The highest BCUT2D eigenvalue weighted by molar-refractivity contribution is 6.09. The zero-order valence-corrected chi connectivity index (χ0v) is 15.0. The lowest BCUT2D eigenvalue weighted by Crippen LogP contribution is -2.28. The van der Waals surface area contributed by atoms with Crippen LogP contribution in [0.15, 0.2) is 84.1 Å². The lowest BCUT2D eigenvalue weighted by Gasteiger charge is -2.21. The number of rotatable bonds is 5. The number of aromatic nitrogens is 1. The SMILES string of the molecule is CN=C(Cc1cccnc1)N(C)c1ccc(C(=O)c2ccccc2)cc1. The maximum absolute atomic E-state index is 12.5. The fourth-order valence-corrected chi connectivity index (χ4v) is 2.77. The van der Waals surface area contributed by atoms with Gasteiger partial charge in [0.1, 0.15) is 5.84 Å². The monoisotopic (exact) mass is 343 g/mol. The molecule has 1 aromatic heterocycles. The Hall–Kier alpha value is -3.27. The molecule has 0 bridgehead atoms. The summed E-state index contributed by atoms with van der Waals surface area (Å²) in [5, 5.41) is 0. The molecular formula is C22H21N3O. The van der Waals surface area contributed by atoms with Gasteiger partial charge in [-0.25, -0.2) is 0 Å². The number of nitrogens with zero attached hydrogens (tertiary/aromatic N) is 3. The number of benzene rings is 2. The Morgan fingerprint density at radius 1 is 0.962 bits per heavy atom. The minimum Gasteiger partial charge on any atom is -0.333 e. The Morgan fingerprint density at radius 3 is 2.27 bits per heavy atom. The van der Waals surface area contributed by atoms with Crippen LogP contribution in [0.5, 0.6) is 0 Å². The molecule has 3 rings (SSSR count). The van der Waals surface area contributed by atoms with Crippen LogP contribution in [0, 0.1) is 0 Å². The number of hydrogen-bond donors (Lipinski definition) is 0. The van der Waals surface area contributed by atoms with Gasteiger partial charge in [0, 0.05) is 49.7 Å². The van der Waals surface area contributed by atoms with Gasteiger partial charge in [-0.05, 0) is 35.9 Å². The van der Waals surface area contributed by atoms with E-state index in [0.29, 0.717) is 17.5 Å². The second kappa shape index (κ2) is 8.21. The van der Waals surface area contributed by atoms with E-state index in [9.17, 15) is 4.79 Å². The lowest BCUT2D eigenvalue weighted by molar-refractivity contribution is 0.103. The molecule has 0 amide bonds. The number of aliphatic imine (C=N–C) groups is 1. The first kappa shape index (κ1) is 17.5. The zero-order valence-electron chi connectivity index (χ0n) is 15.0. The van der Waals surface area contributed by atoms with Crippen molar-refractivity contribution in [3.63, 3.8) is 0 Å². The van der Waals surface area contributed by atoms with Gasteiger partial charge >= 0.3 is 0 Å². The smallest absolute Gasteiger partial charge is 0.193 e. The number of pyridine rings is 1. The van der Waals surface area contributed by atoms with Crippen molar-refractivity contribution < 1.29 is 4.79 Å². The second-order valence-electron chi connectivity index (χ2n) is 5.98. The topological polar surface area (TPSA) is 45.6 Å². The molecule has 4 heteroatoms. The standard InChI is InChI=1S/C22H21N3O/c1-23-21(15-17-7-6-14-24-16-17)25(2)20-12-10-19(11-13-20)22(26)18-8-4-3-5-9-18/h3-14,16H,15H2,1-2H3. The molecule has 0 N–H and O–H groups in total. The van der Waals surface area contributed by atoms with Crippen LogP contribution >= 0.6 is 0 Å². The van der Waals surface area contributed by atoms with Crippen LogP contribution in [-0.4, -0.2) is 30.7 Å². The summed E-state index contributed by atoms with van der Waals surface area (Å²) in [6, 6.07) is 20.9. The minimum absolute atomic E-state index is 0.0274. The average Bonchev–Trinajstić information content (AvgIpc) is 2.72. The Balaban J connectivity index is 1.76. The van der Waals surface area contributed by atoms with Crippen LogP contribution in [-0.2, 0) is 6.42 Å². The van der Waals surface area contributed by atoms with E-state index in [-0.39, 0.29) is 5.78 Å². The third-order valence-electron chi connectivity index (χ3n) is 4.28. The van der Waals surface area contributed by atoms with Crippen molar-refractivity contribution in [3.05, 3.63) is 95.8 Å². The zero-order chi connectivity index (χ0) is 18.4. The summed E-state index contributed by atoms with van der Waals surface area (Å²) in [5.74, 6) is 0.958. The van der Waals surface area contributed by atoms with Gasteiger partial charge in [0.15, 0.2) is 5.78 Å². The molecule has 0 radical (unpaired) electrons. The van der Waals surface area contributed by atoms with Crippen molar-refractivity contribution in [3.8, 4) is 0 Å². The number of amidine groups is 1. The quantitative estimate of drug-likeness (QED) is 0.399. The summed E-state index contributed by atoms with van der Waals surface area (Å²) in [6.45, 7) is 0. The van der Waals surface area contributed by atoms with Crippen LogP contribution in [0.25, 0.3) is 0 Å². The molecule has 0 unspecified atom stereocenters. The molecule has 1 heterocycles. The predicted octanol–water partition coefficient (Wildman–Crippen LogP) is 4.02. The van der Waals surface area contributed by atoms with Crippen molar-refractivity contribution >= 4 is 17.3 Å². The highest BCUT2D eigenvalue weighted by Gasteiger charge is 2.12. The van der Waals surface area contributed by atoms with E-state index in [1.54, 1.807) is 13.2 Å². The predicted molar refractivity (Wildman–Crippen MR) is 106 cm³/mol. The van der Waals surface area contributed by atoms with Gasteiger partial charge in [-0.1, -0.05) is 36.4 Å². The fraction of sp³-hybridized carbons (Fsp3) is 0.136. The Kier molecular flexibility index (Phi) is 5.54. The first-order valence-electron chi connectivity index (χ1n) is 8.47. The molecule has 130 valence electrons. The summed E-state index contributed by atoms with van der Waals surface area (Å²) in [5.41, 5.74) is 3.46. The molecule has 26 heavy (non-hydrogen) atoms. The number of carbonyl (C=O) groups excluding carboxylic acids is 1. The highest BCUT2D eigenvalue weighted by atomic mass is 16.1. The number of anilines is 1. The summed E-state index contributed by atoms with van der Waals surface area (Å²) in [6.07, 6.45) is 4.31. The van der Waals surface area contributed by atoms with Gasteiger partial charge in [-0.15, -0.1) is 0 Å². The van der Waals surface area contributed by atoms with Crippen molar-refractivity contribution in [2.75, 3.05) is 19.0 Å². The number of ketones is 1. The molecule has 4 nitrogen and oxygen atoms in total. The van der Waals surface area contributed by atoms with Crippen LogP contribution in [0.1, 0.15) is 21.5 Å². The van der Waals surface area contributed by atoms with Crippen LogP contribution < -0.4 is 4.90 Å². The van der Waals surface area contributed by atoms with Gasteiger partial charge in [-0.2, -0.15) is 0 Å². The van der Waals surface area contributed by atoms with Crippen molar-refractivity contribution in [2.45, 2.75) is 6.42 Å². The third kappa shape index (κ3) is 4.03. The minimum atomic E-state index is 0.0274. The molecule has 0 atom stereocenters. The summed E-state index contributed by atoms with van der Waals surface area (Å²) < 4.78 is 0. The van der Waals surface area contributed by atoms with E-state index in [2.05, 4.69) is 9.98 Å². The Bertz CT molecular complexity index is 888. The molecule has 0 spiro atoms. The van der Waals surface area contributed by atoms with Gasteiger partial charge in [0.2, 0.25) is 0 Å². The third-order valence-corrected chi connectivity index (χ3v) is 4.28. The summed E-state index contributed by atoms with van der Waals surface area (Å²) >= 11 is 0. The second-order valence-corrected chi connectivity index (χ2v) is 5.98. The molecule has 3 aromatic rings. The molecule has 0 aliphatic rings. The Morgan fingerprint density at radius 2 is 1.65 bits per heavy atom. The van der Waals surface area contributed by atoms with E-state index in [0.717, 1.165) is 17.1 Å². The molecule has 0 fully saturated rings. The lowest BCUT2D eigenvalue weighted by atomic mass is 10.0. The molecule has 2 aromatic carbocycles. The highest BCUT2D eigenvalue weighted by Crippen LogP contribution is 2.18. The van der Waals surface area contributed by atoms with Gasteiger partial charge in [0.25, 0.3) is 0 Å². The normalized spacial score (nSPS) is 11.2. The fourth-order valence-electron chi connectivity index (χ4n) is 2.77. The maximum atomic E-state index is 12.5. The average molecular weight is 343 g/mol. The Labute approximate surface area is 153 Å². The molecular weight excluding hydrogens is 322 g/mol. The largest absolute Gasteiger partial charge is 0.333 e. The number of hydrogen-bond acceptors (Lipinski definition) is 3. The molecule has 0 saturated heterocycles. The van der Waals surface area contributed by atoms with Crippen LogP contribution in [0.4, 0.5) is 5.69 Å². The molecule has 0 saturated carbocycles. The van der Waals surface area contributed by atoms with Crippen molar-refractivity contribution in [2.24, 2.45) is 4.99 Å². The van der Waals surface area contributed by atoms with E-state index >= 15 is 0 Å². The first-order chi connectivity index (χ1) is 12.7. The van der Waals surface area contributed by atoms with Gasteiger partial charge < -0.3 is 4.90 Å². The molecule has 0 aliphatic heterocycles. The summed E-state index contributed by atoms with van der Waals surface area (Å²) in [4.78, 5) is 23.1. The summed E-state index contributed by atoms with van der Waals surface area (Å²) in [7, 11) is 3.77. The van der Waals surface area contributed by atoms with Crippen LogP contribution in [0.3, 0.4) is 0 Å². The number of carbonyl (C=O) groups is 1. The van der Waals surface area contributed by atoms with E-state index < -0.39 is 0 Å². The maximum Gasteiger partial charge on any atom is 0.193 e. The number of likely N-dealkylation sites (N-methyl/N-ethyl adjacent to an activating group) is 1. The van der Waals surface area contributed by atoms with Gasteiger partial charge in [0.05, 0.1) is 0 Å². The molecule has 0 aliphatic carbocycles. The van der Waals surface area contributed by atoms with Crippen molar-refractivity contribution in [1.82, 2.24) is 4.98 Å². The van der Waals surface area contributed by atoms with Crippen molar-refractivity contribution in [1.29, 1.82) is 0 Å². The first-order valence-corrected chi connectivity index (χ1v) is 8.47.